The number of likely N-dealkylation sites (tertiary alicyclic amines) is 1. The second kappa shape index (κ2) is 5.48. The molecule has 3 rings (SSSR count). The molecule has 0 saturated carbocycles. The molecule has 3 N–H and O–H groups in total. The number of fused-ring (bicyclic) bond motifs is 1. The summed E-state index contributed by atoms with van der Waals surface area (Å²) < 4.78 is 34.4. The molecule has 0 bridgehead atoms. The second-order valence-corrected chi connectivity index (χ2v) is 6.40. The highest BCUT2D eigenvalue weighted by atomic mass is 32.2. The third-order valence-corrected chi connectivity index (χ3v) is 4.44. The van der Waals surface area contributed by atoms with Gasteiger partial charge in [0.1, 0.15) is 12.4 Å². The van der Waals surface area contributed by atoms with E-state index in [2.05, 4.69) is 9.12 Å². The number of amidine groups is 1. The number of ether oxygens (including phenoxy) is 1. The maximum atomic E-state index is 11.5. The molecule has 9 heteroatoms. The first-order valence-electron chi connectivity index (χ1n) is 6.88. The van der Waals surface area contributed by atoms with Crippen molar-refractivity contribution in [2.24, 2.45) is 10.1 Å². The van der Waals surface area contributed by atoms with Crippen molar-refractivity contribution in [1.29, 1.82) is 0 Å². The van der Waals surface area contributed by atoms with E-state index in [0.717, 1.165) is 13.0 Å². The van der Waals surface area contributed by atoms with E-state index >= 15 is 0 Å². The fourth-order valence-electron chi connectivity index (χ4n) is 2.54. The third-order valence-electron chi connectivity index (χ3n) is 3.53. The van der Waals surface area contributed by atoms with E-state index in [-0.39, 0.29) is 11.7 Å². The Labute approximate surface area is 128 Å². The Morgan fingerprint density at radius 1 is 1.41 bits per heavy atom. The van der Waals surface area contributed by atoms with Gasteiger partial charge in [0.25, 0.3) is 0 Å². The number of nitrogens with one attached hydrogen (secondary N) is 1. The molecule has 2 heterocycles. The zero-order chi connectivity index (χ0) is 15.7. The summed E-state index contributed by atoms with van der Waals surface area (Å²) in [5.74, 6) is 0.460. The first-order chi connectivity index (χ1) is 10.5. The topological polar surface area (TPSA) is 114 Å². The van der Waals surface area contributed by atoms with Crippen LogP contribution in [0, 0.1) is 0 Å². The Balaban J connectivity index is 1.74. The number of carbonyl (C=O) groups is 1. The molecule has 1 amide bonds. The lowest BCUT2D eigenvalue weighted by atomic mass is 10.1. The predicted octanol–water partition coefficient (Wildman–Crippen LogP) is 0.0634. The van der Waals surface area contributed by atoms with E-state index in [1.54, 1.807) is 23.1 Å². The van der Waals surface area contributed by atoms with Gasteiger partial charge in [-0.1, -0.05) is 6.07 Å². The van der Waals surface area contributed by atoms with Gasteiger partial charge in [0, 0.05) is 13.0 Å². The van der Waals surface area contributed by atoms with E-state index in [0.29, 0.717) is 36.6 Å². The minimum absolute atomic E-state index is 0.110. The average molecular weight is 324 g/mol. The molecule has 1 saturated heterocycles. The Hall–Kier alpha value is -2.29. The monoisotopic (exact) mass is 324 g/mol. The van der Waals surface area contributed by atoms with Crippen LogP contribution in [0.5, 0.6) is 5.75 Å². The van der Waals surface area contributed by atoms with Crippen molar-refractivity contribution in [3.63, 3.8) is 0 Å². The molecule has 8 nitrogen and oxygen atoms in total. The number of rotatable bonds is 4. The highest BCUT2D eigenvalue weighted by molar-refractivity contribution is 7.91. The summed E-state index contributed by atoms with van der Waals surface area (Å²) in [5, 5.41) is 0. The normalized spacial score (nSPS) is 19.4. The summed E-state index contributed by atoms with van der Waals surface area (Å²) >= 11 is 0. The molecule has 22 heavy (non-hydrogen) atoms. The molecule has 1 fully saturated rings. The maximum Gasteiger partial charge on any atom is 0.344 e. The van der Waals surface area contributed by atoms with E-state index < -0.39 is 10.2 Å². The van der Waals surface area contributed by atoms with Gasteiger partial charge in [-0.3, -0.25) is 9.52 Å². The number of benzene rings is 1. The Kier molecular flexibility index (Phi) is 3.65. The summed E-state index contributed by atoms with van der Waals surface area (Å²) in [6, 6.07) is 4.94. The number of anilines is 1. The lowest BCUT2D eigenvalue weighted by molar-refractivity contribution is -0.128. The minimum Gasteiger partial charge on any atom is -0.491 e. The molecule has 1 aromatic carbocycles. The molecular weight excluding hydrogens is 308 g/mol. The molecule has 0 unspecified atom stereocenters. The first-order valence-corrected chi connectivity index (χ1v) is 8.32. The van der Waals surface area contributed by atoms with E-state index in [1.807, 2.05) is 0 Å². The van der Waals surface area contributed by atoms with Crippen molar-refractivity contribution in [1.82, 2.24) is 4.90 Å². The van der Waals surface area contributed by atoms with Gasteiger partial charge in [-0.25, -0.2) is 0 Å². The van der Waals surface area contributed by atoms with Crippen LogP contribution >= 0.6 is 0 Å². The molecule has 0 aliphatic carbocycles. The van der Waals surface area contributed by atoms with Crippen molar-refractivity contribution in [2.45, 2.75) is 12.8 Å². The third kappa shape index (κ3) is 2.84. The molecule has 0 radical (unpaired) electrons. The summed E-state index contributed by atoms with van der Waals surface area (Å²) in [5.41, 5.74) is 6.48. The zero-order valence-corrected chi connectivity index (χ0v) is 12.6. The van der Waals surface area contributed by atoms with Gasteiger partial charge in [0.2, 0.25) is 5.91 Å². The van der Waals surface area contributed by atoms with Crippen LogP contribution in [0.4, 0.5) is 5.69 Å². The molecule has 118 valence electrons. The quantitative estimate of drug-likeness (QED) is 0.813. The van der Waals surface area contributed by atoms with Crippen LogP contribution in [0.25, 0.3) is 0 Å². The Morgan fingerprint density at radius 2 is 2.23 bits per heavy atom. The highest BCUT2D eigenvalue weighted by Gasteiger charge is 2.25. The largest absolute Gasteiger partial charge is 0.491 e. The van der Waals surface area contributed by atoms with Crippen molar-refractivity contribution in [3.05, 3.63) is 23.8 Å². The Morgan fingerprint density at radius 3 is 2.95 bits per heavy atom. The minimum atomic E-state index is -3.80. The van der Waals surface area contributed by atoms with Gasteiger partial charge >= 0.3 is 10.2 Å². The standard InChI is InChI=1S/C13H16N4O4S/c14-13-12-9(15-22(19,20)16-13)3-1-4-10(12)21-8-7-17-6-2-5-11(17)18/h1,3-4,15H,2,5-8H2,(H2,14,16). The number of hydrogen-bond acceptors (Lipinski definition) is 5. The van der Waals surface area contributed by atoms with E-state index in [9.17, 15) is 13.2 Å². The maximum absolute atomic E-state index is 11.5. The van der Waals surface area contributed by atoms with Crippen molar-refractivity contribution >= 4 is 27.6 Å². The summed E-state index contributed by atoms with van der Waals surface area (Å²) in [6.07, 6.45) is 1.46. The Bertz CT molecular complexity index is 744. The fraction of sp³-hybridized carbons (Fsp3) is 0.385. The van der Waals surface area contributed by atoms with Crippen molar-refractivity contribution < 1.29 is 17.9 Å². The zero-order valence-electron chi connectivity index (χ0n) is 11.8. The van der Waals surface area contributed by atoms with Gasteiger partial charge in [0.15, 0.2) is 5.84 Å². The van der Waals surface area contributed by atoms with E-state index in [4.69, 9.17) is 10.5 Å². The van der Waals surface area contributed by atoms with Crippen LogP contribution in [-0.2, 0) is 15.0 Å². The number of hydrogen-bond donors (Lipinski definition) is 2. The van der Waals surface area contributed by atoms with Gasteiger partial charge in [-0.2, -0.15) is 8.42 Å². The molecule has 1 aromatic rings. The van der Waals surface area contributed by atoms with Crippen LogP contribution in [0.3, 0.4) is 0 Å². The lowest BCUT2D eigenvalue weighted by Gasteiger charge is -2.20. The second-order valence-electron chi connectivity index (χ2n) is 5.07. The van der Waals surface area contributed by atoms with Crippen molar-refractivity contribution in [3.8, 4) is 5.75 Å². The highest BCUT2D eigenvalue weighted by Crippen LogP contribution is 2.30. The van der Waals surface area contributed by atoms with Crippen LogP contribution in [0.15, 0.2) is 22.6 Å². The first kappa shape index (κ1) is 14.6. The van der Waals surface area contributed by atoms with Gasteiger partial charge in [0.05, 0.1) is 17.8 Å². The molecule has 0 aromatic heterocycles. The van der Waals surface area contributed by atoms with Crippen LogP contribution in [-0.4, -0.2) is 44.8 Å². The molecule has 0 spiro atoms. The number of amides is 1. The lowest BCUT2D eigenvalue weighted by Crippen LogP contribution is -2.30. The van der Waals surface area contributed by atoms with Crippen LogP contribution in [0.2, 0.25) is 0 Å². The predicted molar refractivity (Wildman–Crippen MR) is 81.0 cm³/mol. The number of nitrogens with zero attached hydrogens (tertiary/aromatic N) is 2. The van der Waals surface area contributed by atoms with Crippen LogP contribution in [0.1, 0.15) is 18.4 Å². The summed E-state index contributed by atoms with van der Waals surface area (Å²) in [4.78, 5) is 13.3. The van der Waals surface area contributed by atoms with Crippen LogP contribution < -0.4 is 15.2 Å². The summed E-state index contributed by atoms with van der Waals surface area (Å²) in [7, 11) is -3.80. The molecular formula is C13H16N4O4S. The molecule has 0 atom stereocenters. The van der Waals surface area contributed by atoms with Gasteiger partial charge in [-0.05, 0) is 18.6 Å². The van der Waals surface area contributed by atoms with E-state index in [1.165, 1.54) is 0 Å². The number of nitrogens with two attached hydrogens (primary N) is 1. The fourth-order valence-corrected chi connectivity index (χ4v) is 3.39. The SMILES string of the molecule is NC1=NS(=O)(=O)Nc2cccc(OCCN3CCCC3=O)c21. The molecule has 2 aliphatic heterocycles. The average Bonchev–Trinajstić information content (AvgIpc) is 2.82. The summed E-state index contributed by atoms with van der Waals surface area (Å²) in [6.45, 7) is 1.55. The molecule has 2 aliphatic rings. The smallest absolute Gasteiger partial charge is 0.344 e. The van der Waals surface area contributed by atoms with Gasteiger partial charge in [-0.15, -0.1) is 4.40 Å². The van der Waals surface area contributed by atoms with Crippen molar-refractivity contribution in [2.75, 3.05) is 24.4 Å². The van der Waals surface area contributed by atoms with Gasteiger partial charge < -0.3 is 15.4 Å². The number of carbonyl (C=O) groups excluding carboxylic acids is 1.